The average Bonchev–Trinajstić information content (AvgIpc) is 2.97. The molecule has 1 atom stereocenters. The lowest BCUT2D eigenvalue weighted by atomic mass is 10.1. The summed E-state index contributed by atoms with van der Waals surface area (Å²) >= 11 is 0. The zero-order valence-electron chi connectivity index (χ0n) is 11.4. The number of aromatic carboxylic acids is 1. The van der Waals surface area contributed by atoms with E-state index in [0.29, 0.717) is 11.7 Å². The number of benzene rings is 1. The Morgan fingerprint density at radius 2 is 2.05 bits per heavy atom. The fourth-order valence-corrected chi connectivity index (χ4v) is 4.18. The van der Waals surface area contributed by atoms with Gasteiger partial charge in [-0.25, -0.2) is 4.79 Å². The third kappa shape index (κ3) is 5.13. The van der Waals surface area contributed by atoms with E-state index >= 15 is 0 Å². The van der Waals surface area contributed by atoms with Crippen LogP contribution in [0.4, 0.5) is 0 Å². The molecule has 1 heterocycles. The van der Waals surface area contributed by atoms with Gasteiger partial charge in [-0.05, 0) is 30.4 Å². The van der Waals surface area contributed by atoms with Crippen molar-refractivity contribution in [1.29, 1.82) is 0 Å². The molecule has 2 rings (SSSR count). The Labute approximate surface area is 131 Å². The second-order valence-corrected chi connectivity index (χ2v) is 7.00. The Balaban J connectivity index is 1.74. The molecule has 0 bridgehead atoms. The molecule has 21 heavy (non-hydrogen) atoms. The van der Waals surface area contributed by atoms with Gasteiger partial charge in [0.15, 0.2) is 0 Å². The van der Waals surface area contributed by atoms with E-state index in [9.17, 15) is 9.59 Å². The maximum Gasteiger partial charge on any atom is 0.339 e. The second kappa shape index (κ2) is 8.14. The largest absolute Gasteiger partial charge is 0.478 e. The number of ether oxygens (including phenoxy) is 1. The Morgan fingerprint density at radius 3 is 2.76 bits per heavy atom. The summed E-state index contributed by atoms with van der Waals surface area (Å²) in [7, 11) is 3.57. The van der Waals surface area contributed by atoms with E-state index in [2.05, 4.69) is 11.5 Å². The van der Waals surface area contributed by atoms with Gasteiger partial charge in [-0.3, -0.25) is 4.79 Å². The molecule has 4 nitrogen and oxygen atoms in total. The summed E-state index contributed by atoms with van der Waals surface area (Å²) in [5.74, 6) is -1.37. The van der Waals surface area contributed by atoms with Crippen LogP contribution >= 0.6 is 21.6 Å². The molecule has 0 saturated heterocycles. The number of carboxylic acids is 1. The van der Waals surface area contributed by atoms with Crippen molar-refractivity contribution in [3.05, 3.63) is 41.3 Å². The molecule has 1 N–H and O–H groups in total. The van der Waals surface area contributed by atoms with E-state index in [-0.39, 0.29) is 17.3 Å². The highest BCUT2D eigenvalue weighted by Gasteiger charge is 2.14. The molecule has 1 aromatic carbocycles. The SMILES string of the molecule is O=C(CCCC[C@@H]1C=CSS1)Oc1ccccc1C(=O)O. The normalized spacial score (nSPS) is 16.9. The molecule has 0 aliphatic carbocycles. The first-order valence-electron chi connectivity index (χ1n) is 6.68. The van der Waals surface area contributed by atoms with Crippen LogP contribution in [0.2, 0.25) is 0 Å². The summed E-state index contributed by atoms with van der Waals surface area (Å²) in [5, 5.41) is 11.6. The van der Waals surface area contributed by atoms with E-state index in [1.54, 1.807) is 22.9 Å². The molecule has 0 fully saturated rings. The minimum atomic E-state index is -1.10. The van der Waals surface area contributed by atoms with Gasteiger partial charge in [0.1, 0.15) is 11.3 Å². The molecule has 0 radical (unpaired) electrons. The van der Waals surface area contributed by atoms with Gasteiger partial charge in [0.05, 0.1) is 0 Å². The Hall–Kier alpha value is -1.40. The molecular weight excluding hydrogens is 308 g/mol. The quantitative estimate of drug-likeness (QED) is 0.352. The van der Waals surface area contributed by atoms with Crippen LogP contribution in [0.1, 0.15) is 36.0 Å². The van der Waals surface area contributed by atoms with E-state index in [1.807, 2.05) is 10.8 Å². The number of para-hydroxylation sites is 1. The van der Waals surface area contributed by atoms with Gasteiger partial charge in [-0.2, -0.15) is 0 Å². The molecule has 0 spiro atoms. The molecule has 6 heteroatoms. The summed E-state index contributed by atoms with van der Waals surface area (Å²) in [6, 6.07) is 6.17. The molecule has 1 aliphatic rings. The zero-order chi connectivity index (χ0) is 15.1. The van der Waals surface area contributed by atoms with Gasteiger partial charge in [0, 0.05) is 11.7 Å². The van der Waals surface area contributed by atoms with Crippen molar-refractivity contribution in [2.24, 2.45) is 0 Å². The lowest BCUT2D eigenvalue weighted by Crippen LogP contribution is -2.11. The van der Waals surface area contributed by atoms with Gasteiger partial charge in [-0.15, -0.1) is 0 Å². The third-order valence-electron chi connectivity index (χ3n) is 2.99. The van der Waals surface area contributed by atoms with Crippen LogP contribution < -0.4 is 4.74 Å². The monoisotopic (exact) mass is 324 g/mol. The minimum Gasteiger partial charge on any atom is -0.478 e. The van der Waals surface area contributed by atoms with Gasteiger partial charge in [0.25, 0.3) is 0 Å². The number of unbranched alkanes of at least 4 members (excludes halogenated alkanes) is 1. The minimum absolute atomic E-state index is 0.00960. The molecule has 1 aromatic rings. The number of carbonyl (C=O) groups is 2. The van der Waals surface area contributed by atoms with E-state index in [4.69, 9.17) is 9.84 Å². The first kappa shape index (κ1) is 16.0. The fourth-order valence-electron chi connectivity index (χ4n) is 1.92. The highest BCUT2D eigenvalue weighted by atomic mass is 33.1. The highest BCUT2D eigenvalue weighted by Crippen LogP contribution is 2.37. The van der Waals surface area contributed by atoms with Crippen LogP contribution in [0.5, 0.6) is 5.75 Å². The van der Waals surface area contributed by atoms with Crippen molar-refractivity contribution in [1.82, 2.24) is 0 Å². The van der Waals surface area contributed by atoms with Crippen molar-refractivity contribution in [3.8, 4) is 5.75 Å². The zero-order valence-corrected chi connectivity index (χ0v) is 13.0. The lowest BCUT2D eigenvalue weighted by molar-refractivity contribution is -0.134. The van der Waals surface area contributed by atoms with Gasteiger partial charge < -0.3 is 9.84 Å². The fraction of sp³-hybridized carbons (Fsp3) is 0.333. The number of carboxylic acid groups (broad SMARTS) is 1. The summed E-state index contributed by atoms with van der Waals surface area (Å²) in [5.41, 5.74) is 0.00960. The van der Waals surface area contributed by atoms with Crippen molar-refractivity contribution < 1.29 is 19.4 Å². The number of esters is 1. The van der Waals surface area contributed by atoms with Crippen molar-refractivity contribution >= 4 is 33.5 Å². The van der Waals surface area contributed by atoms with Gasteiger partial charge in [-0.1, -0.05) is 46.2 Å². The lowest BCUT2D eigenvalue weighted by Gasteiger charge is -2.08. The standard InChI is InChI=1S/C15H16O4S2/c16-14(8-4-1-5-11-9-10-20-21-11)19-13-7-3-2-6-12(13)15(17)18/h2-3,6-7,9-11H,1,4-5,8H2,(H,17,18)/t11-/m1/s1. The van der Waals surface area contributed by atoms with Crippen LogP contribution in [0.15, 0.2) is 35.7 Å². The predicted molar refractivity (Wildman–Crippen MR) is 85.6 cm³/mol. The molecule has 0 aromatic heterocycles. The van der Waals surface area contributed by atoms with Crippen LogP contribution in [0, 0.1) is 0 Å². The number of carbonyl (C=O) groups excluding carboxylic acids is 1. The highest BCUT2D eigenvalue weighted by molar-refractivity contribution is 8.78. The van der Waals surface area contributed by atoms with Crippen LogP contribution in [-0.4, -0.2) is 22.3 Å². The maximum absolute atomic E-state index is 11.7. The predicted octanol–water partition coefficient (Wildman–Crippen LogP) is 4.13. The molecule has 0 amide bonds. The Morgan fingerprint density at radius 1 is 1.24 bits per heavy atom. The van der Waals surface area contributed by atoms with Crippen molar-refractivity contribution in [2.75, 3.05) is 0 Å². The molecule has 1 aliphatic heterocycles. The summed E-state index contributed by atoms with van der Waals surface area (Å²) < 4.78 is 5.14. The van der Waals surface area contributed by atoms with Crippen LogP contribution in [-0.2, 0) is 4.79 Å². The van der Waals surface area contributed by atoms with Crippen LogP contribution in [0.25, 0.3) is 0 Å². The second-order valence-electron chi connectivity index (χ2n) is 4.58. The van der Waals surface area contributed by atoms with Crippen molar-refractivity contribution in [2.45, 2.75) is 30.9 Å². The third-order valence-corrected chi connectivity index (χ3v) is 5.42. The number of hydrogen-bond acceptors (Lipinski definition) is 5. The van der Waals surface area contributed by atoms with E-state index in [1.165, 1.54) is 12.1 Å². The Kier molecular flexibility index (Phi) is 6.20. The maximum atomic E-state index is 11.7. The van der Waals surface area contributed by atoms with Crippen LogP contribution in [0.3, 0.4) is 0 Å². The smallest absolute Gasteiger partial charge is 0.339 e. The van der Waals surface area contributed by atoms with E-state index < -0.39 is 5.97 Å². The van der Waals surface area contributed by atoms with E-state index in [0.717, 1.165) is 19.3 Å². The molecular formula is C15H16O4S2. The van der Waals surface area contributed by atoms with Crippen molar-refractivity contribution in [3.63, 3.8) is 0 Å². The van der Waals surface area contributed by atoms with Gasteiger partial charge >= 0.3 is 11.9 Å². The molecule has 0 saturated carbocycles. The topological polar surface area (TPSA) is 63.6 Å². The van der Waals surface area contributed by atoms with Gasteiger partial charge in [0.2, 0.25) is 0 Å². The Bertz CT molecular complexity index is 542. The first-order chi connectivity index (χ1) is 10.2. The molecule has 0 unspecified atom stereocenters. The summed E-state index contributed by atoms with van der Waals surface area (Å²) in [6.07, 6.45) is 5.24. The number of hydrogen-bond donors (Lipinski definition) is 1. The number of rotatable bonds is 7. The summed E-state index contributed by atoms with van der Waals surface area (Å²) in [4.78, 5) is 22.8. The molecule has 112 valence electrons. The summed E-state index contributed by atoms with van der Waals surface area (Å²) in [6.45, 7) is 0. The first-order valence-corrected chi connectivity index (χ1v) is 8.96. The average molecular weight is 324 g/mol.